The van der Waals surface area contributed by atoms with Crippen molar-refractivity contribution in [3.8, 4) is 0 Å². The molecule has 3 nitrogen and oxygen atoms in total. The van der Waals surface area contributed by atoms with Gasteiger partial charge in [-0.2, -0.15) is 0 Å². The number of imidazole rings is 1. The zero-order valence-corrected chi connectivity index (χ0v) is 10.8. The summed E-state index contributed by atoms with van der Waals surface area (Å²) in [5.41, 5.74) is 7.21. The molecule has 17 heavy (non-hydrogen) atoms. The lowest BCUT2D eigenvalue weighted by Crippen LogP contribution is -2.17. The molecule has 0 aliphatic rings. The molecule has 1 heterocycles. The molecule has 0 unspecified atom stereocenters. The average molecular weight is 256 g/mol. The summed E-state index contributed by atoms with van der Waals surface area (Å²) >= 11 is 5.78. The van der Waals surface area contributed by atoms with Crippen LogP contribution in [0.2, 0.25) is 5.02 Å². The van der Waals surface area contributed by atoms with Gasteiger partial charge in [-0.25, -0.2) is 9.37 Å². The summed E-state index contributed by atoms with van der Waals surface area (Å²) in [6.07, 6.45) is 0. The van der Waals surface area contributed by atoms with Crippen LogP contribution in [0.5, 0.6) is 0 Å². The van der Waals surface area contributed by atoms with E-state index in [0.29, 0.717) is 18.0 Å². The number of benzene rings is 1. The molecule has 0 amide bonds. The highest BCUT2D eigenvalue weighted by Gasteiger charge is 2.17. The van der Waals surface area contributed by atoms with E-state index in [1.807, 2.05) is 4.57 Å². The fraction of sp³-hybridized carbons (Fsp3) is 0.417. The number of aromatic nitrogens is 2. The largest absolute Gasteiger partial charge is 0.369 e. The third-order valence-electron chi connectivity index (χ3n) is 2.45. The van der Waals surface area contributed by atoms with Crippen LogP contribution in [0.3, 0.4) is 0 Å². The highest BCUT2D eigenvalue weighted by molar-refractivity contribution is 6.31. The number of nitrogen functional groups attached to an aromatic ring is 1. The molecule has 0 aliphatic heterocycles. The van der Waals surface area contributed by atoms with Gasteiger partial charge in [-0.3, -0.25) is 0 Å². The number of nitrogens with two attached hydrogens (primary N) is 1. The SMILES string of the molecule is CC(C)(C)Cn1c(N)nc2cc(F)c(Cl)cc21. The maximum absolute atomic E-state index is 13.3. The third-order valence-corrected chi connectivity index (χ3v) is 2.74. The first-order valence-electron chi connectivity index (χ1n) is 5.39. The lowest BCUT2D eigenvalue weighted by Gasteiger charge is -2.20. The summed E-state index contributed by atoms with van der Waals surface area (Å²) < 4.78 is 15.2. The number of hydrogen-bond donors (Lipinski definition) is 1. The molecule has 5 heteroatoms. The van der Waals surface area contributed by atoms with E-state index >= 15 is 0 Å². The van der Waals surface area contributed by atoms with E-state index in [1.54, 1.807) is 6.07 Å². The van der Waals surface area contributed by atoms with Crippen LogP contribution in [0.4, 0.5) is 10.3 Å². The van der Waals surface area contributed by atoms with Crippen LogP contribution < -0.4 is 5.73 Å². The van der Waals surface area contributed by atoms with Crippen LogP contribution in [0.1, 0.15) is 20.8 Å². The summed E-state index contributed by atoms with van der Waals surface area (Å²) in [7, 11) is 0. The minimum atomic E-state index is -0.473. The van der Waals surface area contributed by atoms with Crippen molar-refractivity contribution < 1.29 is 4.39 Å². The first-order chi connectivity index (χ1) is 7.78. The molecule has 0 atom stereocenters. The van der Waals surface area contributed by atoms with E-state index in [1.165, 1.54) is 6.07 Å². The third kappa shape index (κ3) is 2.36. The zero-order valence-electron chi connectivity index (χ0n) is 10.1. The van der Waals surface area contributed by atoms with Gasteiger partial charge in [0.05, 0.1) is 16.1 Å². The molecular weight excluding hydrogens is 241 g/mol. The Bertz CT molecular complexity index is 569. The Labute approximate surface area is 104 Å². The van der Waals surface area contributed by atoms with Crippen molar-refractivity contribution in [2.75, 3.05) is 5.73 Å². The molecule has 0 fully saturated rings. The second-order valence-corrected chi connectivity index (χ2v) is 5.78. The molecule has 92 valence electrons. The summed E-state index contributed by atoms with van der Waals surface area (Å²) in [5, 5.41) is 0.0903. The molecule has 2 rings (SSSR count). The second kappa shape index (κ2) is 3.88. The van der Waals surface area contributed by atoms with E-state index in [-0.39, 0.29) is 10.4 Å². The van der Waals surface area contributed by atoms with Crippen LogP contribution in [0.25, 0.3) is 11.0 Å². The normalized spacial score (nSPS) is 12.3. The fourth-order valence-corrected chi connectivity index (χ4v) is 1.94. The van der Waals surface area contributed by atoms with E-state index in [9.17, 15) is 4.39 Å². The Morgan fingerprint density at radius 2 is 2.06 bits per heavy atom. The van der Waals surface area contributed by atoms with Crippen molar-refractivity contribution in [2.24, 2.45) is 5.41 Å². The standard InChI is InChI=1S/C12H15ClFN3/c1-12(2,3)6-17-10-4-7(13)8(14)5-9(10)16-11(17)15/h4-5H,6H2,1-3H3,(H2,15,16). The van der Waals surface area contributed by atoms with Gasteiger partial charge in [-0.15, -0.1) is 0 Å². The topological polar surface area (TPSA) is 43.8 Å². The van der Waals surface area contributed by atoms with Crippen molar-refractivity contribution in [2.45, 2.75) is 27.3 Å². The Balaban J connectivity index is 2.63. The van der Waals surface area contributed by atoms with Crippen molar-refractivity contribution in [1.82, 2.24) is 9.55 Å². The van der Waals surface area contributed by atoms with Crippen LogP contribution in [-0.2, 0) is 6.54 Å². The van der Waals surface area contributed by atoms with Crippen LogP contribution in [0.15, 0.2) is 12.1 Å². The predicted octanol–water partition coefficient (Wildman–Crippen LogP) is 3.46. The van der Waals surface area contributed by atoms with Gasteiger partial charge in [0.1, 0.15) is 5.82 Å². The lowest BCUT2D eigenvalue weighted by atomic mass is 9.97. The molecule has 0 radical (unpaired) electrons. The predicted molar refractivity (Wildman–Crippen MR) is 68.6 cm³/mol. The number of anilines is 1. The molecule has 2 N–H and O–H groups in total. The van der Waals surface area contributed by atoms with Gasteiger partial charge in [0.2, 0.25) is 5.95 Å². The Morgan fingerprint density at radius 3 is 2.65 bits per heavy atom. The maximum Gasteiger partial charge on any atom is 0.201 e. The Hall–Kier alpha value is -1.29. The number of hydrogen-bond acceptors (Lipinski definition) is 2. The molecule has 0 bridgehead atoms. The lowest BCUT2D eigenvalue weighted by molar-refractivity contribution is 0.351. The van der Waals surface area contributed by atoms with Crippen molar-refractivity contribution >= 4 is 28.6 Å². The van der Waals surface area contributed by atoms with Gasteiger partial charge < -0.3 is 10.3 Å². The van der Waals surface area contributed by atoms with Crippen molar-refractivity contribution in [3.05, 3.63) is 23.0 Å². The Morgan fingerprint density at radius 1 is 1.41 bits per heavy atom. The van der Waals surface area contributed by atoms with E-state index in [0.717, 1.165) is 5.52 Å². The molecule has 0 saturated carbocycles. The van der Waals surface area contributed by atoms with Crippen LogP contribution in [0, 0.1) is 11.2 Å². The van der Waals surface area contributed by atoms with Crippen molar-refractivity contribution in [3.63, 3.8) is 0 Å². The molecule has 0 aliphatic carbocycles. The minimum Gasteiger partial charge on any atom is -0.369 e. The van der Waals surface area contributed by atoms with Gasteiger partial charge in [0, 0.05) is 12.6 Å². The second-order valence-electron chi connectivity index (χ2n) is 5.37. The van der Waals surface area contributed by atoms with E-state index < -0.39 is 5.82 Å². The number of nitrogens with zero attached hydrogens (tertiary/aromatic N) is 2. The molecule has 1 aromatic carbocycles. The summed E-state index contributed by atoms with van der Waals surface area (Å²) in [4.78, 5) is 4.14. The highest BCUT2D eigenvalue weighted by Crippen LogP contribution is 2.27. The van der Waals surface area contributed by atoms with Gasteiger partial charge in [0.15, 0.2) is 0 Å². The summed E-state index contributed by atoms with van der Waals surface area (Å²) in [6, 6.07) is 2.88. The zero-order chi connectivity index (χ0) is 12.8. The first-order valence-corrected chi connectivity index (χ1v) is 5.76. The minimum absolute atomic E-state index is 0.0581. The van der Waals surface area contributed by atoms with Crippen LogP contribution >= 0.6 is 11.6 Å². The van der Waals surface area contributed by atoms with Gasteiger partial charge in [-0.1, -0.05) is 32.4 Å². The molecular formula is C12H15ClFN3. The monoisotopic (exact) mass is 255 g/mol. The fourth-order valence-electron chi connectivity index (χ4n) is 1.78. The quantitative estimate of drug-likeness (QED) is 0.848. The van der Waals surface area contributed by atoms with Crippen molar-refractivity contribution in [1.29, 1.82) is 0 Å². The summed E-state index contributed by atoms with van der Waals surface area (Å²) in [6.45, 7) is 7.01. The molecule has 1 aromatic heterocycles. The summed E-state index contributed by atoms with van der Waals surface area (Å²) in [5.74, 6) is -0.0869. The highest BCUT2D eigenvalue weighted by atomic mass is 35.5. The number of halogens is 2. The van der Waals surface area contributed by atoms with Gasteiger partial charge in [0.25, 0.3) is 0 Å². The first kappa shape index (κ1) is 12.2. The van der Waals surface area contributed by atoms with Gasteiger partial charge >= 0.3 is 0 Å². The Kier molecular flexibility index (Phi) is 2.78. The van der Waals surface area contributed by atoms with Crippen LogP contribution in [-0.4, -0.2) is 9.55 Å². The average Bonchev–Trinajstić information content (AvgIpc) is 2.43. The van der Waals surface area contributed by atoms with E-state index in [2.05, 4.69) is 25.8 Å². The van der Waals surface area contributed by atoms with Gasteiger partial charge in [-0.05, 0) is 11.5 Å². The smallest absolute Gasteiger partial charge is 0.201 e. The van der Waals surface area contributed by atoms with E-state index in [4.69, 9.17) is 17.3 Å². The number of rotatable bonds is 1. The number of fused-ring (bicyclic) bond motifs is 1. The molecule has 2 aromatic rings. The molecule has 0 saturated heterocycles. The molecule has 0 spiro atoms. The maximum atomic E-state index is 13.3.